The smallest absolute Gasteiger partial charge is 0.343 e. The number of esters is 1. The molecule has 174 valence electrons. The summed E-state index contributed by atoms with van der Waals surface area (Å²) in [4.78, 5) is 35.0. The zero-order chi connectivity index (χ0) is 24.7. The fraction of sp³-hybridized carbons (Fsp3) is 0.0455. The van der Waals surface area contributed by atoms with E-state index in [1.807, 2.05) is 0 Å². The molecule has 3 aromatic rings. The van der Waals surface area contributed by atoms with Gasteiger partial charge in [-0.2, -0.15) is 5.10 Å². The molecular formula is C22H14Br2ClN3O6. The number of hydrogen-bond acceptors (Lipinski definition) is 7. The first-order valence-electron chi connectivity index (χ1n) is 9.39. The molecule has 9 nitrogen and oxygen atoms in total. The molecule has 0 aromatic heterocycles. The van der Waals surface area contributed by atoms with Crippen molar-refractivity contribution < 1.29 is 24.0 Å². The number of nitro groups is 1. The largest absolute Gasteiger partial charge is 0.477 e. The van der Waals surface area contributed by atoms with Gasteiger partial charge >= 0.3 is 11.7 Å². The van der Waals surface area contributed by atoms with Gasteiger partial charge in [0.25, 0.3) is 5.91 Å². The molecule has 3 rings (SSSR count). The van der Waals surface area contributed by atoms with Crippen LogP contribution < -0.4 is 14.9 Å². The van der Waals surface area contributed by atoms with Gasteiger partial charge in [0.05, 0.1) is 21.2 Å². The Labute approximate surface area is 215 Å². The second-order valence-corrected chi connectivity index (χ2v) is 8.72. The summed E-state index contributed by atoms with van der Waals surface area (Å²) in [6, 6.07) is 15.6. The van der Waals surface area contributed by atoms with Crippen LogP contribution in [0.1, 0.15) is 15.9 Å². The van der Waals surface area contributed by atoms with Crippen LogP contribution in [0, 0.1) is 10.1 Å². The Morgan fingerprint density at radius 1 is 1.12 bits per heavy atom. The van der Waals surface area contributed by atoms with E-state index in [1.165, 1.54) is 18.3 Å². The predicted octanol–water partition coefficient (Wildman–Crippen LogP) is 5.52. The van der Waals surface area contributed by atoms with E-state index in [1.54, 1.807) is 42.5 Å². The van der Waals surface area contributed by atoms with Crippen LogP contribution in [0.3, 0.4) is 0 Å². The summed E-state index contributed by atoms with van der Waals surface area (Å²) in [6.45, 7) is -0.530. The Kier molecular flexibility index (Phi) is 8.74. The molecule has 1 N–H and O–H groups in total. The molecule has 0 saturated carbocycles. The van der Waals surface area contributed by atoms with Gasteiger partial charge in [-0.1, -0.05) is 45.7 Å². The van der Waals surface area contributed by atoms with Crippen molar-refractivity contribution in [1.82, 2.24) is 5.43 Å². The molecule has 0 heterocycles. The molecule has 0 unspecified atom stereocenters. The highest BCUT2D eigenvalue weighted by Crippen LogP contribution is 2.33. The fourth-order valence-electron chi connectivity index (χ4n) is 2.61. The predicted molar refractivity (Wildman–Crippen MR) is 133 cm³/mol. The van der Waals surface area contributed by atoms with Crippen molar-refractivity contribution in [2.24, 2.45) is 5.10 Å². The lowest BCUT2D eigenvalue weighted by atomic mass is 10.2. The van der Waals surface area contributed by atoms with Gasteiger partial charge in [-0.05, 0) is 52.3 Å². The number of carbonyl (C=O) groups is 2. The normalized spacial score (nSPS) is 10.7. The van der Waals surface area contributed by atoms with Gasteiger partial charge in [0.2, 0.25) is 0 Å². The third-order valence-electron chi connectivity index (χ3n) is 4.11. The summed E-state index contributed by atoms with van der Waals surface area (Å²) in [6.07, 6.45) is 1.28. The van der Waals surface area contributed by atoms with Gasteiger partial charge in [-0.3, -0.25) is 14.9 Å². The molecule has 1 amide bonds. The third-order valence-corrected chi connectivity index (χ3v) is 5.39. The number of benzene rings is 3. The van der Waals surface area contributed by atoms with Crippen molar-refractivity contribution in [3.63, 3.8) is 0 Å². The number of rotatable bonds is 8. The summed E-state index contributed by atoms with van der Waals surface area (Å²) < 4.78 is 11.9. The van der Waals surface area contributed by atoms with E-state index in [0.717, 1.165) is 6.07 Å². The van der Waals surface area contributed by atoms with Crippen LogP contribution in [0.4, 0.5) is 5.69 Å². The zero-order valence-corrected chi connectivity index (χ0v) is 21.0. The first kappa shape index (κ1) is 25.3. The van der Waals surface area contributed by atoms with Crippen molar-refractivity contribution in [1.29, 1.82) is 0 Å². The highest BCUT2D eigenvalue weighted by molar-refractivity contribution is 9.11. The molecule has 0 spiro atoms. The number of amides is 1. The van der Waals surface area contributed by atoms with Crippen LogP contribution in [0.15, 0.2) is 74.7 Å². The van der Waals surface area contributed by atoms with Crippen molar-refractivity contribution in [2.45, 2.75) is 0 Å². The number of hydrazone groups is 1. The molecule has 3 aromatic carbocycles. The van der Waals surface area contributed by atoms with Crippen molar-refractivity contribution in [3.8, 4) is 11.5 Å². The van der Waals surface area contributed by atoms with Gasteiger partial charge in [-0.25, -0.2) is 10.2 Å². The zero-order valence-electron chi connectivity index (χ0n) is 17.0. The monoisotopic (exact) mass is 609 g/mol. The molecule has 0 aliphatic rings. The summed E-state index contributed by atoms with van der Waals surface area (Å²) in [7, 11) is 0. The minimum Gasteiger partial charge on any atom is -0.477 e. The molecule has 0 radical (unpaired) electrons. The first-order chi connectivity index (χ1) is 16.2. The quantitative estimate of drug-likeness (QED) is 0.118. The number of nitrogens with one attached hydrogen (secondary N) is 1. The van der Waals surface area contributed by atoms with E-state index in [9.17, 15) is 19.7 Å². The maximum Gasteiger partial charge on any atom is 0.343 e. The van der Waals surface area contributed by atoms with Gasteiger partial charge in [0.1, 0.15) is 0 Å². The van der Waals surface area contributed by atoms with Crippen LogP contribution in [-0.4, -0.2) is 29.6 Å². The average Bonchev–Trinajstić information content (AvgIpc) is 2.80. The fourth-order valence-corrected chi connectivity index (χ4v) is 4.12. The summed E-state index contributed by atoms with van der Waals surface area (Å²) in [5.74, 6) is -1.15. The lowest BCUT2D eigenvalue weighted by molar-refractivity contribution is -0.385. The van der Waals surface area contributed by atoms with Crippen LogP contribution in [0.2, 0.25) is 5.02 Å². The number of ether oxygens (including phenoxy) is 2. The highest BCUT2D eigenvalue weighted by Gasteiger charge is 2.17. The SMILES string of the molecule is O=C(COc1ccc(Cl)cc1[N+](=O)[O-])NN=Cc1cc(Br)cc(Br)c1OC(=O)c1ccccc1. The van der Waals surface area contributed by atoms with E-state index in [2.05, 4.69) is 42.4 Å². The molecule has 0 fully saturated rings. The summed E-state index contributed by atoms with van der Waals surface area (Å²) >= 11 is 12.5. The molecule has 0 aliphatic carbocycles. The molecule has 0 saturated heterocycles. The number of nitro benzene ring substituents is 1. The summed E-state index contributed by atoms with van der Waals surface area (Å²) in [5.41, 5.74) is 2.64. The van der Waals surface area contributed by atoms with E-state index < -0.39 is 23.4 Å². The number of hydrogen-bond donors (Lipinski definition) is 1. The van der Waals surface area contributed by atoms with Crippen LogP contribution in [0.5, 0.6) is 11.5 Å². The highest BCUT2D eigenvalue weighted by atomic mass is 79.9. The van der Waals surface area contributed by atoms with Crippen molar-refractivity contribution in [3.05, 3.63) is 95.9 Å². The van der Waals surface area contributed by atoms with E-state index in [0.29, 0.717) is 20.1 Å². The van der Waals surface area contributed by atoms with Gasteiger partial charge < -0.3 is 9.47 Å². The number of halogens is 3. The lowest BCUT2D eigenvalue weighted by Crippen LogP contribution is -2.24. The Morgan fingerprint density at radius 3 is 2.56 bits per heavy atom. The summed E-state index contributed by atoms with van der Waals surface area (Å²) in [5, 5.41) is 15.1. The second-order valence-electron chi connectivity index (χ2n) is 6.51. The van der Waals surface area contributed by atoms with Crippen molar-refractivity contribution >= 4 is 67.2 Å². The minimum atomic E-state index is -0.669. The standard InChI is InChI=1S/C22H14Br2ClN3O6/c23-15-8-14(21(17(24)9-15)34-22(30)13-4-2-1-3-5-13)11-26-27-20(29)12-33-19-7-6-16(25)10-18(19)28(31)32/h1-11H,12H2,(H,27,29). The van der Waals surface area contributed by atoms with E-state index in [-0.39, 0.29) is 22.2 Å². The van der Waals surface area contributed by atoms with Crippen molar-refractivity contribution in [2.75, 3.05) is 6.61 Å². The Morgan fingerprint density at radius 2 is 1.85 bits per heavy atom. The second kappa shape index (κ2) is 11.7. The maximum atomic E-state index is 12.5. The van der Waals surface area contributed by atoms with Crippen LogP contribution in [-0.2, 0) is 4.79 Å². The minimum absolute atomic E-state index is 0.112. The number of carbonyl (C=O) groups excluding carboxylic acids is 2. The molecule has 0 atom stereocenters. The van der Waals surface area contributed by atoms with E-state index in [4.69, 9.17) is 21.1 Å². The van der Waals surface area contributed by atoms with Gasteiger partial charge in [0, 0.05) is 21.1 Å². The Bertz CT molecular complexity index is 1270. The van der Waals surface area contributed by atoms with Gasteiger partial charge in [-0.15, -0.1) is 0 Å². The van der Waals surface area contributed by atoms with Crippen LogP contribution >= 0.6 is 43.5 Å². The van der Waals surface area contributed by atoms with Gasteiger partial charge in [0.15, 0.2) is 18.1 Å². The lowest BCUT2D eigenvalue weighted by Gasteiger charge is -2.10. The molecular weight excluding hydrogens is 598 g/mol. The maximum absolute atomic E-state index is 12.5. The van der Waals surface area contributed by atoms with Crippen LogP contribution in [0.25, 0.3) is 0 Å². The Hall–Kier alpha value is -3.28. The first-order valence-corrected chi connectivity index (χ1v) is 11.4. The average molecular weight is 612 g/mol. The number of nitrogens with zero attached hydrogens (tertiary/aromatic N) is 2. The topological polar surface area (TPSA) is 120 Å². The Balaban J connectivity index is 1.68. The third kappa shape index (κ3) is 6.86. The molecule has 34 heavy (non-hydrogen) atoms. The molecule has 0 aliphatic heterocycles. The molecule has 0 bridgehead atoms. The molecule has 12 heteroatoms. The van der Waals surface area contributed by atoms with E-state index >= 15 is 0 Å².